The third-order valence-electron chi connectivity index (χ3n) is 2.76. The minimum Gasteiger partial charge on any atom is -0.480 e. The highest BCUT2D eigenvalue weighted by atomic mass is 79.9. The summed E-state index contributed by atoms with van der Waals surface area (Å²) >= 11 is 9.03. The molecule has 8 heteroatoms. The van der Waals surface area contributed by atoms with Crippen LogP contribution in [-0.2, 0) is 11.2 Å². The van der Waals surface area contributed by atoms with Crippen LogP contribution in [0.4, 0.5) is 0 Å². The van der Waals surface area contributed by atoms with Crippen molar-refractivity contribution in [1.29, 1.82) is 0 Å². The highest BCUT2D eigenvalue weighted by molar-refractivity contribution is 9.10. The average Bonchev–Trinajstić information content (AvgIpc) is 2.90. The van der Waals surface area contributed by atoms with E-state index >= 15 is 0 Å². The number of hydrogen-bond acceptors (Lipinski definition) is 3. The van der Waals surface area contributed by atoms with Crippen molar-refractivity contribution >= 4 is 39.4 Å². The van der Waals surface area contributed by atoms with Crippen molar-refractivity contribution in [3.8, 4) is 0 Å². The minimum absolute atomic E-state index is 0.117. The Bertz CT molecular complexity index is 661. The molecule has 0 aliphatic rings. The first-order valence-electron chi connectivity index (χ1n) is 5.93. The summed E-state index contributed by atoms with van der Waals surface area (Å²) in [6, 6.07) is 3.60. The molecule has 6 nitrogen and oxygen atoms in total. The maximum atomic E-state index is 12.1. The summed E-state index contributed by atoms with van der Waals surface area (Å²) in [6.07, 6.45) is 3.08. The third-order valence-corrected chi connectivity index (χ3v) is 3.65. The van der Waals surface area contributed by atoms with E-state index in [0.29, 0.717) is 20.8 Å². The van der Waals surface area contributed by atoms with Crippen molar-refractivity contribution in [2.75, 3.05) is 0 Å². The topological polar surface area (TPSA) is 95.1 Å². The van der Waals surface area contributed by atoms with Crippen LogP contribution in [0.1, 0.15) is 16.1 Å². The predicted octanol–water partition coefficient (Wildman–Crippen LogP) is 2.25. The van der Waals surface area contributed by atoms with Gasteiger partial charge in [-0.15, -0.1) is 0 Å². The van der Waals surface area contributed by atoms with Gasteiger partial charge in [0.05, 0.1) is 11.9 Å². The van der Waals surface area contributed by atoms with Crippen LogP contribution in [-0.4, -0.2) is 33.0 Å². The zero-order chi connectivity index (χ0) is 15.4. The number of amides is 1. The van der Waals surface area contributed by atoms with Gasteiger partial charge in [0.2, 0.25) is 0 Å². The lowest BCUT2D eigenvalue weighted by molar-refractivity contribution is -0.139. The number of halogens is 2. The second-order valence-electron chi connectivity index (χ2n) is 4.27. The fraction of sp³-hybridized carbons (Fsp3) is 0.154. The maximum absolute atomic E-state index is 12.1. The van der Waals surface area contributed by atoms with Gasteiger partial charge in [0, 0.05) is 27.8 Å². The van der Waals surface area contributed by atoms with Crippen LogP contribution in [0.2, 0.25) is 5.02 Å². The standard InChI is InChI=1S/C13H11BrClN3O3/c14-10-3-7(15)1-2-9(10)12(19)18-11(13(20)21)4-8-5-16-6-17-8/h1-3,5-6,11H,4H2,(H,16,17)(H,18,19)(H,20,21)/t11-/m1/s1. The molecule has 0 spiro atoms. The first kappa shape index (κ1) is 15.5. The van der Waals surface area contributed by atoms with Crippen LogP contribution in [0.15, 0.2) is 35.2 Å². The molecular weight excluding hydrogens is 362 g/mol. The van der Waals surface area contributed by atoms with Crippen molar-refractivity contribution in [2.45, 2.75) is 12.5 Å². The lowest BCUT2D eigenvalue weighted by Gasteiger charge is -2.14. The second kappa shape index (κ2) is 6.73. The van der Waals surface area contributed by atoms with Gasteiger partial charge in [0.15, 0.2) is 0 Å². The zero-order valence-electron chi connectivity index (χ0n) is 10.6. The number of rotatable bonds is 5. The number of imidazole rings is 1. The van der Waals surface area contributed by atoms with Crippen LogP contribution in [0.5, 0.6) is 0 Å². The van der Waals surface area contributed by atoms with Gasteiger partial charge in [-0.25, -0.2) is 9.78 Å². The van der Waals surface area contributed by atoms with Gasteiger partial charge >= 0.3 is 5.97 Å². The lowest BCUT2D eigenvalue weighted by atomic mass is 10.1. The molecule has 0 saturated carbocycles. The van der Waals surface area contributed by atoms with E-state index in [2.05, 4.69) is 31.2 Å². The predicted molar refractivity (Wildman–Crippen MR) is 80.3 cm³/mol. The highest BCUT2D eigenvalue weighted by Gasteiger charge is 2.22. The molecule has 2 aromatic rings. The summed E-state index contributed by atoms with van der Waals surface area (Å²) in [5.74, 6) is -1.62. The molecule has 21 heavy (non-hydrogen) atoms. The largest absolute Gasteiger partial charge is 0.480 e. The van der Waals surface area contributed by atoms with E-state index in [1.807, 2.05) is 0 Å². The first-order chi connectivity index (χ1) is 9.97. The number of carbonyl (C=O) groups is 2. The second-order valence-corrected chi connectivity index (χ2v) is 5.56. The molecule has 1 aromatic heterocycles. The Morgan fingerprint density at radius 3 is 2.81 bits per heavy atom. The number of hydrogen-bond donors (Lipinski definition) is 3. The van der Waals surface area contributed by atoms with Crippen molar-refractivity contribution < 1.29 is 14.7 Å². The molecule has 1 atom stereocenters. The van der Waals surface area contributed by atoms with E-state index in [9.17, 15) is 14.7 Å². The van der Waals surface area contributed by atoms with Gasteiger partial charge < -0.3 is 15.4 Å². The molecule has 0 radical (unpaired) electrons. The summed E-state index contributed by atoms with van der Waals surface area (Å²) in [5, 5.41) is 12.1. The number of carboxylic acids is 1. The normalized spacial score (nSPS) is 11.9. The molecule has 0 bridgehead atoms. The van der Waals surface area contributed by atoms with Gasteiger partial charge in [0.1, 0.15) is 6.04 Å². The summed E-state index contributed by atoms with van der Waals surface area (Å²) < 4.78 is 0.498. The summed E-state index contributed by atoms with van der Waals surface area (Å²) in [5.41, 5.74) is 0.938. The third kappa shape index (κ3) is 4.05. The Kier molecular flexibility index (Phi) is 4.98. The molecule has 1 heterocycles. The number of aliphatic carboxylic acids is 1. The molecule has 1 amide bonds. The van der Waals surface area contributed by atoms with Crippen LogP contribution in [0.25, 0.3) is 0 Å². The molecule has 0 aliphatic heterocycles. The summed E-state index contributed by atoms with van der Waals surface area (Å²) in [7, 11) is 0. The van der Waals surface area contributed by atoms with Crippen molar-refractivity contribution in [2.24, 2.45) is 0 Å². The Hall–Kier alpha value is -1.86. The van der Waals surface area contributed by atoms with Gasteiger partial charge in [-0.05, 0) is 34.1 Å². The number of nitrogens with zero attached hydrogens (tertiary/aromatic N) is 1. The van der Waals surface area contributed by atoms with E-state index in [1.165, 1.54) is 18.6 Å². The Labute approximate surface area is 133 Å². The van der Waals surface area contributed by atoms with Gasteiger partial charge in [-0.2, -0.15) is 0 Å². The SMILES string of the molecule is O=C(N[C@H](Cc1cnc[nH]1)C(=O)O)c1ccc(Cl)cc1Br. The number of carboxylic acid groups (broad SMARTS) is 1. The molecule has 0 fully saturated rings. The molecule has 3 N–H and O–H groups in total. The monoisotopic (exact) mass is 371 g/mol. The van der Waals surface area contributed by atoms with Crippen LogP contribution < -0.4 is 5.32 Å². The fourth-order valence-electron chi connectivity index (χ4n) is 1.73. The van der Waals surface area contributed by atoms with E-state index in [0.717, 1.165) is 0 Å². The number of carbonyl (C=O) groups excluding carboxylic acids is 1. The van der Waals surface area contributed by atoms with Crippen LogP contribution in [0.3, 0.4) is 0 Å². The maximum Gasteiger partial charge on any atom is 0.326 e. The van der Waals surface area contributed by atoms with E-state index in [1.54, 1.807) is 12.1 Å². The van der Waals surface area contributed by atoms with Crippen molar-refractivity contribution in [3.05, 3.63) is 51.5 Å². The summed E-state index contributed by atoms with van der Waals surface area (Å²) in [6.45, 7) is 0. The Balaban J connectivity index is 2.12. The average molecular weight is 373 g/mol. The molecule has 110 valence electrons. The number of H-pyrrole nitrogens is 1. The molecule has 2 rings (SSSR count). The number of aromatic nitrogens is 2. The molecule has 0 saturated heterocycles. The molecule has 1 aromatic carbocycles. The molecule has 0 unspecified atom stereocenters. The quantitative estimate of drug-likeness (QED) is 0.750. The highest BCUT2D eigenvalue weighted by Crippen LogP contribution is 2.21. The number of benzene rings is 1. The van der Waals surface area contributed by atoms with E-state index in [4.69, 9.17) is 11.6 Å². The summed E-state index contributed by atoms with van der Waals surface area (Å²) in [4.78, 5) is 30.0. The zero-order valence-corrected chi connectivity index (χ0v) is 13.0. The van der Waals surface area contributed by atoms with Gasteiger partial charge in [0.25, 0.3) is 5.91 Å². The molecular formula is C13H11BrClN3O3. The number of nitrogens with one attached hydrogen (secondary N) is 2. The first-order valence-corrected chi connectivity index (χ1v) is 7.10. The Morgan fingerprint density at radius 1 is 1.48 bits per heavy atom. The molecule has 0 aliphatic carbocycles. The Morgan fingerprint density at radius 2 is 2.24 bits per heavy atom. The van der Waals surface area contributed by atoms with E-state index < -0.39 is 17.9 Å². The number of aromatic amines is 1. The van der Waals surface area contributed by atoms with Crippen LogP contribution >= 0.6 is 27.5 Å². The fourth-order valence-corrected chi connectivity index (χ4v) is 2.59. The van der Waals surface area contributed by atoms with Gasteiger partial charge in [-0.3, -0.25) is 4.79 Å². The smallest absolute Gasteiger partial charge is 0.326 e. The van der Waals surface area contributed by atoms with Crippen molar-refractivity contribution in [1.82, 2.24) is 15.3 Å². The van der Waals surface area contributed by atoms with Gasteiger partial charge in [-0.1, -0.05) is 11.6 Å². The van der Waals surface area contributed by atoms with Crippen molar-refractivity contribution in [3.63, 3.8) is 0 Å². The minimum atomic E-state index is -1.12. The van der Waals surface area contributed by atoms with E-state index in [-0.39, 0.29) is 6.42 Å². The lowest BCUT2D eigenvalue weighted by Crippen LogP contribution is -2.42. The van der Waals surface area contributed by atoms with Crippen LogP contribution in [0, 0.1) is 0 Å².